The molecule has 2 aliphatic heterocycles. The van der Waals surface area contributed by atoms with E-state index in [4.69, 9.17) is 27.9 Å². The van der Waals surface area contributed by atoms with Gasteiger partial charge in [-0.15, -0.1) is 0 Å². The Balaban J connectivity index is 1.62. The molecule has 1 fully saturated rings. The Bertz CT molecular complexity index is 1500. The number of allylic oxidation sites excluding steroid dienone is 2. The lowest BCUT2D eigenvalue weighted by atomic mass is 9.69. The molecule has 4 aliphatic rings. The van der Waals surface area contributed by atoms with Crippen molar-refractivity contribution >= 4 is 22.2 Å². The molecule has 10 heteroatoms. The van der Waals surface area contributed by atoms with Crippen LogP contribution in [0.3, 0.4) is 0 Å². The number of hydrogen-bond donors (Lipinski definition) is 0. The third-order valence-corrected chi connectivity index (χ3v) is 7.52. The minimum absolute atomic E-state index is 0.0523. The average molecular weight is 525 g/mol. The molecule has 0 bridgehead atoms. The van der Waals surface area contributed by atoms with Crippen molar-refractivity contribution in [2.24, 2.45) is 0 Å². The molecule has 0 aromatic heterocycles. The molecular weight excluding hydrogens is 500 g/mol. The number of benzene rings is 2. The maximum atomic E-state index is 13.5. The fourth-order valence-corrected chi connectivity index (χ4v) is 5.81. The maximum Gasteiger partial charge on any atom is 0.338 e. The monoisotopic (exact) mass is 524 g/mol. The lowest BCUT2D eigenvalue weighted by Gasteiger charge is -2.40. The highest BCUT2D eigenvalue weighted by molar-refractivity contribution is 7.85. The van der Waals surface area contributed by atoms with Gasteiger partial charge in [0, 0.05) is 5.56 Å². The van der Waals surface area contributed by atoms with E-state index in [1.54, 1.807) is 6.07 Å². The van der Waals surface area contributed by atoms with Crippen molar-refractivity contribution in [3.63, 3.8) is 0 Å². The molecule has 192 valence electrons. The van der Waals surface area contributed by atoms with Crippen molar-refractivity contribution in [2.45, 2.75) is 18.1 Å². The van der Waals surface area contributed by atoms with Gasteiger partial charge >= 0.3 is 5.97 Å². The zero-order valence-corrected chi connectivity index (χ0v) is 21.0. The summed E-state index contributed by atoms with van der Waals surface area (Å²) in [5.41, 5.74) is 3.55. The summed E-state index contributed by atoms with van der Waals surface area (Å²) in [6.07, 6.45) is 10.3. The number of methoxy groups -OCH3 is 1. The summed E-state index contributed by atoms with van der Waals surface area (Å²) in [5.74, 6) is 0.636. The molecule has 9 nitrogen and oxygen atoms in total. The van der Waals surface area contributed by atoms with E-state index in [1.165, 1.54) is 7.11 Å². The molecule has 2 aromatic carbocycles. The quantitative estimate of drug-likeness (QED) is 0.415. The highest BCUT2D eigenvalue weighted by atomic mass is 32.2. The molecule has 6 rings (SSSR count). The molecule has 2 heterocycles. The zero-order valence-electron chi connectivity index (χ0n) is 20.2. The van der Waals surface area contributed by atoms with E-state index in [-0.39, 0.29) is 26.6 Å². The van der Waals surface area contributed by atoms with Crippen LogP contribution in [0.4, 0.5) is 0 Å². The lowest BCUT2D eigenvalue weighted by Crippen LogP contribution is -2.42. The van der Waals surface area contributed by atoms with Crippen LogP contribution in [0.15, 0.2) is 54.1 Å². The highest BCUT2D eigenvalue weighted by Gasteiger charge is 2.53. The number of fused-ring (bicyclic) bond motifs is 2. The van der Waals surface area contributed by atoms with Crippen LogP contribution in [-0.4, -0.2) is 54.0 Å². The van der Waals surface area contributed by atoms with Gasteiger partial charge in [-0.1, -0.05) is 36.4 Å². The summed E-state index contributed by atoms with van der Waals surface area (Å²) in [7, 11) is -2.38. The first-order valence-electron chi connectivity index (χ1n) is 11.7. The number of ether oxygens (including phenoxy) is 5. The van der Waals surface area contributed by atoms with Crippen LogP contribution in [0.25, 0.3) is 17.2 Å². The van der Waals surface area contributed by atoms with Gasteiger partial charge in [0.1, 0.15) is 12.9 Å². The molecule has 37 heavy (non-hydrogen) atoms. The van der Waals surface area contributed by atoms with Gasteiger partial charge in [-0.3, -0.25) is 4.18 Å². The Labute approximate surface area is 214 Å². The SMILES string of the molecule is COC(=O)c1c(CCOS(C)(=O)=O)c(-c2ccc3c(c2)OCO3)cc2c1C13OCOC1C=CC=C3C=C2. The molecule has 1 spiro atoms. The second-order valence-electron chi connectivity index (χ2n) is 9.00. The van der Waals surface area contributed by atoms with Gasteiger partial charge in [0.25, 0.3) is 10.1 Å². The minimum Gasteiger partial charge on any atom is -0.465 e. The van der Waals surface area contributed by atoms with Crippen molar-refractivity contribution in [1.82, 2.24) is 0 Å². The Kier molecular flexibility index (Phi) is 5.72. The summed E-state index contributed by atoms with van der Waals surface area (Å²) in [6, 6.07) is 7.48. The Morgan fingerprint density at radius 3 is 2.78 bits per heavy atom. The second kappa shape index (κ2) is 8.84. The Morgan fingerprint density at radius 1 is 1.14 bits per heavy atom. The third-order valence-electron chi connectivity index (χ3n) is 6.93. The van der Waals surface area contributed by atoms with Gasteiger partial charge in [-0.2, -0.15) is 8.42 Å². The number of esters is 1. The average Bonchev–Trinajstić information content (AvgIpc) is 3.53. The number of hydrogen-bond acceptors (Lipinski definition) is 9. The molecule has 2 unspecified atom stereocenters. The second-order valence-corrected chi connectivity index (χ2v) is 10.6. The van der Waals surface area contributed by atoms with Crippen LogP contribution in [0, 0.1) is 0 Å². The molecule has 0 N–H and O–H groups in total. The fraction of sp³-hybridized carbons (Fsp3) is 0.296. The number of carbonyl (C=O) groups is 1. The standard InChI is InChI=1S/C27H24O9S/c1-31-26(28)24-19(10-11-36-37(2,29)30)20(16-7-9-21-22(13-16)33-14-32-21)12-17-6-8-18-4-3-5-23-27(18,25(17)24)35-15-34-23/h3-9,12-13,23H,10-11,14-15H2,1-2H3. The molecule has 1 saturated heterocycles. The summed E-state index contributed by atoms with van der Waals surface area (Å²) in [4.78, 5) is 13.5. The van der Waals surface area contributed by atoms with Crippen molar-refractivity contribution in [1.29, 1.82) is 0 Å². The van der Waals surface area contributed by atoms with Gasteiger partial charge in [-0.05, 0) is 52.4 Å². The van der Waals surface area contributed by atoms with Gasteiger partial charge in [-0.25, -0.2) is 4.79 Å². The summed E-state index contributed by atoms with van der Waals surface area (Å²) in [6.45, 7) is 0.0140. The predicted octanol–water partition coefficient (Wildman–Crippen LogP) is 3.48. The van der Waals surface area contributed by atoms with E-state index in [9.17, 15) is 13.2 Å². The lowest BCUT2D eigenvalue weighted by molar-refractivity contribution is 0.00935. The minimum atomic E-state index is -3.70. The zero-order chi connectivity index (χ0) is 25.8. The first-order chi connectivity index (χ1) is 17.8. The van der Waals surface area contributed by atoms with E-state index in [0.29, 0.717) is 33.8 Å². The predicted molar refractivity (Wildman–Crippen MR) is 133 cm³/mol. The van der Waals surface area contributed by atoms with Crippen molar-refractivity contribution in [2.75, 3.05) is 33.6 Å². The molecule has 2 aliphatic carbocycles. The van der Waals surface area contributed by atoms with Gasteiger partial charge in [0.2, 0.25) is 6.79 Å². The van der Waals surface area contributed by atoms with Crippen molar-refractivity contribution in [3.05, 3.63) is 76.4 Å². The van der Waals surface area contributed by atoms with E-state index < -0.39 is 27.8 Å². The smallest absolute Gasteiger partial charge is 0.338 e. The first kappa shape index (κ1) is 23.9. The number of rotatable bonds is 6. The highest BCUT2D eigenvalue weighted by Crippen LogP contribution is 2.52. The Hall–Kier alpha value is -3.44. The molecule has 0 radical (unpaired) electrons. The van der Waals surface area contributed by atoms with Gasteiger partial charge in [0.15, 0.2) is 17.1 Å². The molecule has 0 amide bonds. The van der Waals surface area contributed by atoms with Crippen molar-refractivity contribution < 1.29 is 41.1 Å². The van der Waals surface area contributed by atoms with E-state index in [1.807, 2.05) is 48.6 Å². The van der Waals surface area contributed by atoms with Crippen LogP contribution in [0.5, 0.6) is 11.5 Å². The summed E-state index contributed by atoms with van der Waals surface area (Å²) in [5, 5.41) is 0. The first-order valence-corrected chi connectivity index (χ1v) is 13.5. The van der Waals surface area contributed by atoms with E-state index in [2.05, 4.69) is 0 Å². The van der Waals surface area contributed by atoms with Crippen molar-refractivity contribution in [3.8, 4) is 22.6 Å². The molecule has 2 aromatic rings. The van der Waals surface area contributed by atoms with Crippen LogP contribution in [0.2, 0.25) is 0 Å². The maximum absolute atomic E-state index is 13.5. The van der Waals surface area contributed by atoms with Crippen LogP contribution >= 0.6 is 0 Å². The fourth-order valence-electron chi connectivity index (χ4n) is 5.42. The van der Waals surface area contributed by atoms with Gasteiger partial charge < -0.3 is 23.7 Å². The van der Waals surface area contributed by atoms with E-state index in [0.717, 1.165) is 23.0 Å². The van der Waals surface area contributed by atoms with Crippen LogP contribution in [0.1, 0.15) is 27.0 Å². The van der Waals surface area contributed by atoms with E-state index >= 15 is 0 Å². The largest absolute Gasteiger partial charge is 0.465 e. The summed E-state index contributed by atoms with van der Waals surface area (Å²) >= 11 is 0. The molecular formula is C27H24O9S. The number of carbonyl (C=O) groups excluding carboxylic acids is 1. The van der Waals surface area contributed by atoms with Crippen LogP contribution < -0.4 is 9.47 Å². The third kappa shape index (κ3) is 3.88. The Morgan fingerprint density at radius 2 is 1.97 bits per heavy atom. The molecule has 2 atom stereocenters. The van der Waals surface area contributed by atoms with Gasteiger partial charge in [0.05, 0.1) is 25.5 Å². The topological polar surface area (TPSA) is 107 Å². The van der Waals surface area contributed by atoms with Crippen LogP contribution in [-0.2, 0) is 40.5 Å². The summed E-state index contributed by atoms with van der Waals surface area (Å²) < 4.78 is 57.1. The molecule has 0 saturated carbocycles. The normalized spacial score (nSPS) is 22.8.